The van der Waals surface area contributed by atoms with E-state index in [1.165, 1.54) is 12.1 Å². The number of nitrogens with one attached hydrogen (secondary N) is 1. The smallest absolute Gasteiger partial charge is 0.273 e. The lowest BCUT2D eigenvalue weighted by Crippen LogP contribution is -2.25. The Morgan fingerprint density at radius 1 is 1.17 bits per heavy atom. The summed E-state index contributed by atoms with van der Waals surface area (Å²) >= 11 is 0. The molecule has 2 aromatic carbocycles. The third kappa shape index (κ3) is 5.15. The molecule has 0 atom stereocenters. The van der Waals surface area contributed by atoms with Crippen molar-refractivity contribution in [3.63, 3.8) is 0 Å². The standard InChI is InChI=1S/C24H28N6O5S/c1-16-9-10-17(15-20(16)30(31)32)36(33,34)26-12-5-6-13-29-21(11-14-35-2)28-22-23(29)18-7-3-4-8-19(18)27-24(22)25/h3-4,7-10,15,26H,5-6,11-14H2,1-2H3,(H2,25,27). The molecule has 0 spiro atoms. The molecular weight excluding hydrogens is 484 g/mol. The van der Waals surface area contributed by atoms with Gasteiger partial charge in [0.15, 0.2) is 5.82 Å². The van der Waals surface area contributed by atoms with Crippen LogP contribution in [0.3, 0.4) is 0 Å². The Kier molecular flexibility index (Phi) is 7.48. The van der Waals surface area contributed by atoms with Gasteiger partial charge in [0.2, 0.25) is 10.0 Å². The van der Waals surface area contributed by atoms with Gasteiger partial charge in [-0.05, 0) is 31.9 Å². The van der Waals surface area contributed by atoms with Crippen LogP contribution in [0.5, 0.6) is 0 Å². The molecule has 2 heterocycles. The van der Waals surface area contributed by atoms with Crippen molar-refractivity contribution in [2.75, 3.05) is 26.0 Å². The number of imidazole rings is 1. The van der Waals surface area contributed by atoms with Gasteiger partial charge in [-0.3, -0.25) is 10.1 Å². The van der Waals surface area contributed by atoms with Crippen LogP contribution < -0.4 is 10.5 Å². The number of nitrogens with two attached hydrogens (primary N) is 1. The second kappa shape index (κ2) is 10.6. The Morgan fingerprint density at radius 2 is 1.94 bits per heavy atom. The van der Waals surface area contributed by atoms with Crippen LogP contribution in [-0.4, -0.2) is 48.1 Å². The number of unbranched alkanes of at least 4 members (excludes halogenated alkanes) is 1. The molecule has 4 rings (SSSR count). The lowest BCUT2D eigenvalue weighted by atomic mass is 10.2. The highest BCUT2D eigenvalue weighted by Crippen LogP contribution is 2.29. The van der Waals surface area contributed by atoms with Gasteiger partial charge in [0.05, 0.1) is 27.5 Å². The van der Waals surface area contributed by atoms with Crippen molar-refractivity contribution >= 4 is 43.5 Å². The molecule has 0 fully saturated rings. The average molecular weight is 513 g/mol. The van der Waals surface area contributed by atoms with Gasteiger partial charge < -0.3 is 15.0 Å². The summed E-state index contributed by atoms with van der Waals surface area (Å²) in [4.78, 5) is 19.7. The lowest BCUT2D eigenvalue weighted by Gasteiger charge is -2.11. The number of rotatable bonds is 11. The number of ether oxygens (including phenoxy) is 1. The molecule has 0 bridgehead atoms. The zero-order chi connectivity index (χ0) is 25.9. The lowest BCUT2D eigenvalue weighted by molar-refractivity contribution is -0.385. The van der Waals surface area contributed by atoms with Gasteiger partial charge in [-0.2, -0.15) is 0 Å². The number of aryl methyl sites for hydroxylation is 2. The van der Waals surface area contributed by atoms with E-state index in [9.17, 15) is 18.5 Å². The monoisotopic (exact) mass is 512 g/mol. The molecule has 0 aliphatic rings. The topological polar surface area (TPSA) is 155 Å². The van der Waals surface area contributed by atoms with Crippen LogP contribution in [0.4, 0.5) is 11.5 Å². The molecule has 2 aromatic heterocycles. The number of nitrogens with zero attached hydrogens (tertiary/aromatic N) is 4. The van der Waals surface area contributed by atoms with Crippen molar-refractivity contribution in [2.24, 2.45) is 0 Å². The SMILES string of the molecule is COCCc1nc2c(N)nc3ccccc3c2n1CCCCNS(=O)(=O)c1ccc(C)c([N+](=O)[O-])c1. The highest BCUT2D eigenvalue weighted by atomic mass is 32.2. The van der Waals surface area contributed by atoms with Crippen LogP contribution in [-0.2, 0) is 27.7 Å². The zero-order valence-corrected chi connectivity index (χ0v) is 20.9. The van der Waals surface area contributed by atoms with E-state index in [4.69, 9.17) is 15.5 Å². The molecule has 0 amide bonds. The van der Waals surface area contributed by atoms with E-state index in [2.05, 4.69) is 14.3 Å². The van der Waals surface area contributed by atoms with Crippen molar-refractivity contribution in [2.45, 2.75) is 37.6 Å². The maximum atomic E-state index is 12.7. The van der Waals surface area contributed by atoms with Crippen LogP contribution in [0.2, 0.25) is 0 Å². The minimum atomic E-state index is -3.87. The zero-order valence-electron chi connectivity index (χ0n) is 20.1. The summed E-state index contributed by atoms with van der Waals surface area (Å²) in [5.41, 5.74) is 8.71. The van der Waals surface area contributed by atoms with Crippen LogP contribution >= 0.6 is 0 Å². The minimum absolute atomic E-state index is 0.128. The molecule has 3 N–H and O–H groups in total. The molecule has 4 aromatic rings. The Balaban J connectivity index is 1.50. The fourth-order valence-electron chi connectivity index (χ4n) is 4.17. The number of benzene rings is 2. The summed E-state index contributed by atoms with van der Waals surface area (Å²) < 4.78 is 35.2. The molecule has 0 aliphatic carbocycles. The molecule has 11 nitrogen and oxygen atoms in total. The summed E-state index contributed by atoms with van der Waals surface area (Å²) in [6, 6.07) is 11.6. The predicted octanol–water partition coefficient (Wildman–Crippen LogP) is 3.33. The summed E-state index contributed by atoms with van der Waals surface area (Å²) in [6.07, 6.45) is 1.81. The van der Waals surface area contributed by atoms with E-state index >= 15 is 0 Å². The number of hydrogen-bond donors (Lipinski definition) is 2. The third-order valence-electron chi connectivity index (χ3n) is 6.01. The number of anilines is 1. The number of para-hydroxylation sites is 1. The fourth-order valence-corrected chi connectivity index (χ4v) is 5.26. The second-order valence-corrected chi connectivity index (χ2v) is 10.2. The van der Waals surface area contributed by atoms with Gasteiger partial charge in [-0.15, -0.1) is 0 Å². The molecule has 0 unspecified atom stereocenters. The van der Waals surface area contributed by atoms with Gasteiger partial charge in [0.1, 0.15) is 11.3 Å². The fraction of sp³-hybridized carbons (Fsp3) is 0.333. The number of sulfonamides is 1. The van der Waals surface area contributed by atoms with E-state index < -0.39 is 14.9 Å². The average Bonchev–Trinajstić information content (AvgIpc) is 3.21. The van der Waals surface area contributed by atoms with E-state index in [0.717, 1.165) is 28.3 Å². The summed E-state index contributed by atoms with van der Waals surface area (Å²) in [7, 11) is -2.24. The number of fused-ring (bicyclic) bond motifs is 3. The van der Waals surface area contributed by atoms with Crippen molar-refractivity contribution < 1.29 is 18.1 Å². The van der Waals surface area contributed by atoms with Crippen LogP contribution in [0.1, 0.15) is 24.2 Å². The largest absolute Gasteiger partial charge is 0.384 e. The first kappa shape index (κ1) is 25.5. The van der Waals surface area contributed by atoms with E-state index in [0.29, 0.717) is 49.3 Å². The van der Waals surface area contributed by atoms with E-state index in [1.54, 1.807) is 14.0 Å². The Labute approximate surface area is 208 Å². The van der Waals surface area contributed by atoms with Crippen molar-refractivity contribution in [1.82, 2.24) is 19.3 Å². The molecule has 190 valence electrons. The van der Waals surface area contributed by atoms with Crippen molar-refractivity contribution in [3.8, 4) is 0 Å². The first-order valence-corrected chi connectivity index (χ1v) is 13.0. The maximum absolute atomic E-state index is 12.7. The van der Waals surface area contributed by atoms with Gasteiger partial charge in [-0.25, -0.2) is 23.1 Å². The Morgan fingerprint density at radius 3 is 2.69 bits per heavy atom. The molecule has 0 saturated heterocycles. The summed E-state index contributed by atoms with van der Waals surface area (Å²) in [6.45, 7) is 2.85. The van der Waals surface area contributed by atoms with Gasteiger partial charge in [0, 0.05) is 43.6 Å². The van der Waals surface area contributed by atoms with Gasteiger partial charge >= 0.3 is 0 Å². The number of methoxy groups -OCH3 is 1. The summed E-state index contributed by atoms with van der Waals surface area (Å²) in [5, 5.41) is 12.1. The minimum Gasteiger partial charge on any atom is -0.384 e. The first-order valence-electron chi connectivity index (χ1n) is 11.5. The van der Waals surface area contributed by atoms with Gasteiger partial charge in [0.25, 0.3) is 5.69 Å². The van der Waals surface area contributed by atoms with Crippen LogP contribution in [0.25, 0.3) is 21.9 Å². The normalized spacial score (nSPS) is 11.9. The molecule has 12 heteroatoms. The highest BCUT2D eigenvalue weighted by molar-refractivity contribution is 7.89. The number of nitro benzene ring substituents is 1. The number of pyridine rings is 1. The van der Waals surface area contributed by atoms with Gasteiger partial charge in [-0.1, -0.05) is 24.3 Å². The maximum Gasteiger partial charge on any atom is 0.273 e. The van der Waals surface area contributed by atoms with Crippen LogP contribution in [0.15, 0.2) is 47.4 Å². The van der Waals surface area contributed by atoms with Crippen LogP contribution in [0, 0.1) is 17.0 Å². The predicted molar refractivity (Wildman–Crippen MR) is 137 cm³/mol. The number of hydrogen-bond acceptors (Lipinski definition) is 8. The Bertz CT molecular complexity index is 1530. The molecule has 0 radical (unpaired) electrons. The first-order chi connectivity index (χ1) is 17.2. The molecule has 0 aliphatic heterocycles. The number of nitrogen functional groups attached to an aromatic ring is 1. The van der Waals surface area contributed by atoms with E-state index in [-0.39, 0.29) is 17.1 Å². The Hall–Kier alpha value is -3.61. The molecular formula is C24H28N6O5S. The second-order valence-electron chi connectivity index (χ2n) is 8.44. The molecule has 36 heavy (non-hydrogen) atoms. The number of nitro groups is 1. The molecule has 0 saturated carbocycles. The quantitative estimate of drug-likeness (QED) is 0.176. The van der Waals surface area contributed by atoms with Crippen molar-refractivity contribution in [3.05, 3.63) is 64.0 Å². The summed E-state index contributed by atoms with van der Waals surface area (Å²) in [5.74, 6) is 1.19. The third-order valence-corrected chi connectivity index (χ3v) is 7.47. The van der Waals surface area contributed by atoms with E-state index in [1.807, 2.05) is 24.3 Å². The van der Waals surface area contributed by atoms with Crippen molar-refractivity contribution in [1.29, 1.82) is 0 Å². The highest BCUT2D eigenvalue weighted by Gasteiger charge is 2.20. The number of aromatic nitrogens is 3.